The number of esters is 1. The van der Waals surface area contributed by atoms with Crippen LogP contribution in [0.3, 0.4) is 0 Å². The van der Waals surface area contributed by atoms with Crippen LogP contribution >= 0.6 is 23.2 Å². The van der Waals surface area contributed by atoms with Crippen molar-refractivity contribution in [2.75, 3.05) is 11.9 Å². The van der Waals surface area contributed by atoms with Gasteiger partial charge in [0.05, 0.1) is 16.4 Å². The number of carbonyl (C=O) groups is 2. The Morgan fingerprint density at radius 3 is 2.69 bits per heavy atom. The van der Waals surface area contributed by atoms with Crippen molar-refractivity contribution in [1.29, 1.82) is 0 Å². The average Bonchev–Trinajstić information content (AvgIpc) is 3.32. The highest BCUT2D eigenvalue weighted by Gasteiger charge is 2.28. The third-order valence-corrected chi connectivity index (χ3v) is 5.23. The summed E-state index contributed by atoms with van der Waals surface area (Å²) in [4.78, 5) is 24.8. The quantitative estimate of drug-likeness (QED) is 0.607. The van der Waals surface area contributed by atoms with Crippen LogP contribution in [0.4, 0.5) is 5.69 Å². The fourth-order valence-electron chi connectivity index (χ4n) is 3.36. The molecular weight excluding hydrogens is 413 g/mol. The van der Waals surface area contributed by atoms with Crippen LogP contribution in [0.1, 0.15) is 28.2 Å². The molecule has 2 aromatic carbocycles. The first kappa shape index (κ1) is 19.5. The van der Waals surface area contributed by atoms with E-state index in [0.29, 0.717) is 15.7 Å². The number of amides is 1. The number of hydrogen-bond acceptors (Lipinski definition) is 4. The molecule has 29 heavy (non-hydrogen) atoms. The normalized spacial score (nSPS) is 12.5. The number of fused-ring (bicyclic) bond motifs is 1. The Kier molecular flexibility index (Phi) is 5.56. The average molecular weight is 430 g/mol. The molecule has 3 aromatic rings. The van der Waals surface area contributed by atoms with E-state index >= 15 is 0 Å². The minimum atomic E-state index is -0.620. The summed E-state index contributed by atoms with van der Waals surface area (Å²) in [5.41, 5.74) is 3.40. The van der Waals surface area contributed by atoms with Crippen LogP contribution in [0.15, 0.2) is 48.5 Å². The van der Waals surface area contributed by atoms with Gasteiger partial charge in [-0.2, -0.15) is 5.10 Å². The molecule has 1 aromatic heterocycles. The molecule has 6 nitrogen and oxygen atoms in total. The van der Waals surface area contributed by atoms with Gasteiger partial charge < -0.3 is 10.1 Å². The summed E-state index contributed by atoms with van der Waals surface area (Å²) in [7, 11) is 0. The molecule has 0 radical (unpaired) electrons. The molecule has 0 bridgehead atoms. The van der Waals surface area contributed by atoms with E-state index in [1.807, 2.05) is 30.3 Å². The molecule has 1 amide bonds. The first-order valence-electron chi connectivity index (χ1n) is 9.11. The van der Waals surface area contributed by atoms with E-state index in [-0.39, 0.29) is 5.69 Å². The van der Waals surface area contributed by atoms with E-state index in [9.17, 15) is 9.59 Å². The maximum absolute atomic E-state index is 12.6. The fourth-order valence-corrected chi connectivity index (χ4v) is 3.70. The minimum absolute atomic E-state index is 0.259. The molecule has 1 aliphatic rings. The molecule has 0 saturated carbocycles. The summed E-state index contributed by atoms with van der Waals surface area (Å²) < 4.78 is 6.99. The predicted molar refractivity (Wildman–Crippen MR) is 111 cm³/mol. The van der Waals surface area contributed by atoms with Gasteiger partial charge in [0, 0.05) is 16.3 Å². The number of para-hydroxylation sites is 1. The van der Waals surface area contributed by atoms with E-state index in [2.05, 4.69) is 10.4 Å². The summed E-state index contributed by atoms with van der Waals surface area (Å²) in [5.74, 6) is -1.13. The van der Waals surface area contributed by atoms with E-state index in [1.54, 1.807) is 16.8 Å². The third-order valence-electron chi connectivity index (χ3n) is 4.66. The van der Waals surface area contributed by atoms with Gasteiger partial charge >= 0.3 is 5.97 Å². The van der Waals surface area contributed by atoms with Gasteiger partial charge in [-0.3, -0.25) is 4.79 Å². The number of rotatable bonds is 5. The molecule has 0 fully saturated rings. The van der Waals surface area contributed by atoms with Gasteiger partial charge in [-0.25, -0.2) is 9.48 Å². The molecule has 1 N–H and O–H groups in total. The molecule has 4 rings (SSSR count). The summed E-state index contributed by atoms with van der Waals surface area (Å²) in [5, 5.41) is 7.82. The van der Waals surface area contributed by atoms with Crippen molar-refractivity contribution in [3.8, 4) is 5.69 Å². The number of benzene rings is 2. The molecule has 1 heterocycles. The SMILES string of the molecule is O=C(COC(=O)c1nn(-c2ccccc2)c2c1CCC2)Nc1cc(Cl)ccc1Cl. The number of halogens is 2. The maximum Gasteiger partial charge on any atom is 0.359 e. The molecule has 0 atom stereocenters. The van der Waals surface area contributed by atoms with Crippen LogP contribution in [-0.4, -0.2) is 28.3 Å². The van der Waals surface area contributed by atoms with Crippen molar-refractivity contribution in [2.24, 2.45) is 0 Å². The van der Waals surface area contributed by atoms with Gasteiger partial charge in [-0.05, 0) is 49.6 Å². The van der Waals surface area contributed by atoms with Crippen molar-refractivity contribution >= 4 is 40.8 Å². The van der Waals surface area contributed by atoms with Crippen molar-refractivity contribution in [1.82, 2.24) is 9.78 Å². The molecule has 148 valence electrons. The standard InChI is InChI=1S/C21H17Cl2N3O3/c22-13-9-10-16(23)17(11-13)24-19(27)12-29-21(28)20-15-7-4-8-18(15)26(25-20)14-5-2-1-3-6-14/h1-3,5-6,9-11H,4,7-8,12H2,(H,24,27). The minimum Gasteiger partial charge on any atom is -0.451 e. The second-order valence-electron chi connectivity index (χ2n) is 6.62. The van der Waals surface area contributed by atoms with Gasteiger partial charge in [0.25, 0.3) is 5.91 Å². The van der Waals surface area contributed by atoms with E-state index < -0.39 is 18.5 Å². The number of nitrogens with one attached hydrogen (secondary N) is 1. The second-order valence-corrected chi connectivity index (χ2v) is 7.47. The number of anilines is 1. The molecule has 8 heteroatoms. The second kappa shape index (κ2) is 8.27. The first-order valence-corrected chi connectivity index (χ1v) is 9.87. The summed E-state index contributed by atoms with van der Waals surface area (Å²) in [6.07, 6.45) is 2.56. The van der Waals surface area contributed by atoms with Crippen molar-refractivity contribution in [3.05, 3.63) is 75.5 Å². The highest BCUT2D eigenvalue weighted by atomic mass is 35.5. The largest absolute Gasteiger partial charge is 0.451 e. The summed E-state index contributed by atoms with van der Waals surface area (Å²) >= 11 is 11.9. The Morgan fingerprint density at radius 1 is 1.10 bits per heavy atom. The lowest BCUT2D eigenvalue weighted by atomic mass is 10.2. The highest BCUT2D eigenvalue weighted by molar-refractivity contribution is 6.35. The van der Waals surface area contributed by atoms with E-state index in [1.165, 1.54) is 6.07 Å². The monoisotopic (exact) mass is 429 g/mol. The van der Waals surface area contributed by atoms with Crippen molar-refractivity contribution < 1.29 is 14.3 Å². The van der Waals surface area contributed by atoms with Crippen LogP contribution in [0, 0.1) is 0 Å². The molecule has 0 aliphatic heterocycles. The zero-order chi connectivity index (χ0) is 20.4. The Bertz CT molecular complexity index is 1080. The van der Waals surface area contributed by atoms with Crippen LogP contribution < -0.4 is 5.32 Å². The third kappa shape index (κ3) is 4.13. The molecule has 0 saturated heterocycles. The lowest BCUT2D eigenvalue weighted by Crippen LogP contribution is -2.21. The first-order chi connectivity index (χ1) is 14.0. The Hall–Kier alpha value is -2.83. The summed E-state index contributed by atoms with van der Waals surface area (Å²) in [6.45, 7) is -0.450. The molecule has 1 aliphatic carbocycles. The van der Waals surface area contributed by atoms with Gasteiger partial charge in [0.2, 0.25) is 0 Å². The fraction of sp³-hybridized carbons (Fsp3) is 0.190. The number of hydrogen-bond donors (Lipinski definition) is 1. The number of carbonyl (C=O) groups excluding carboxylic acids is 2. The van der Waals surface area contributed by atoms with Crippen LogP contribution in [0.2, 0.25) is 10.0 Å². The maximum atomic E-state index is 12.6. The van der Waals surface area contributed by atoms with Gasteiger partial charge in [-0.1, -0.05) is 41.4 Å². The van der Waals surface area contributed by atoms with Crippen molar-refractivity contribution in [2.45, 2.75) is 19.3 Å². The van der Waals surface area contributed by atoms with E-state index in [4.69, 9.17) is 27.9 Å². The Balaban J connectivity index is 1.47. The molecule has 0 spiro atoms. The number of nitrogens with zero attached hydrogens (tertiary/aromatic N) is 2. The zero-order valence-electron chi connectivity index (χ0n) is 15.3. The van der Waals surface area contributed by atoms with Crippen molar-refractivity contribution in [3.63, 3.8) is 0 Å². The number of ether oxygens (including phenoxy) is 1. The number of aromatic nitrogens is 2. The Morgan fingerprint density at radius 2 is 1.90 bits per heavy atom. The zero-order valence-corrected chi connectivity index (χ0v) is 16.8. The van der Waals surface area contributed by atoms with Crippen LogP contribution in [-0.2, 0) is 22.4 Å². The predicted octanol–water partition coefficient (Wildman–Crippen LogP) is 4.46. The lowest BCUT2D eigenvalue weighted by molar-refractivity contribution is -0.119. The van der Waals surface area contributed by atoms with Crippen LogP contribution in [0.5, 0.6) is 0 Å². The van der Waals surface area contributed by atoms with Crippen LogP contribution in [0.25, 0.3) is 5.69 Å². The van der Waals surface area contributed by atoms with Gasteiger partial charge in [0.15, 0.2) is 12.3 Å². The highest BCUT2D eigenvalue weighted by Crippen LogP contribution is 2.28. The Labute approximate surface area is 177 Å². The topological polar surface area (TPSA) is 73.2 Å². The smallest absolute Gasteiger partial charge is 0.359 e. The van der Waals surface area contributed by atoms with Gasteiger partial charge in [-0.15, -0.1) is 0 Å². The van der Waals surface area contributed by atoms with E-state index in [0.717, 1.165) is 36.2 Å². The summed E-state index contributed by atoms with van der Waals surface area (Å²) in [6, 6.07) is 14.3. The van der Waals surface area contributed by atoms with Gasteiger partial charge in [0.1, 0.15) is 0 Å². The molecular formula is C21H17Cl2N3O3. The lowest BCUT2D eigenvalue weighted by Gasteiger charge is -2.08. The molecule has 0 unspecified atom stereocenters.